The highest BCUT2D eigenvalue weighted by Gasteiger charge is 2.44. The first-order valence-electron chi connectivity index (χ1n) is 6.84. The zero-order chi connectivity index (χ0) is 15.0. The van der Waals surface area contributed by atoms with Gasteiger partial charge >= 0.3 is 5.97 Å². The Kier molecular flexibility index (Phi) is 3.99. The van der Waals surface area contributed by atoms with Crippen LogP contribution in [0.1, 0.15) is 24.9 Å². The van der Waals surface area contributed by atoms with Gasteiger partial charge in [0.2, 0.25) is 5.91 Å². The van der Waals surface area contributed by atoms with Crippen molar-refractivity contribution in [3.8, 4) is 0 Å². The highest BCUT2D eigenvalue weighted by molar-refractivity contribution is 14.1. The summed E-state index contributed by atoms with van der Waals surface area (Å²) in [6.45, 7) is 2.72. The summed E-state index contributed by atoms with van der Waals surface area (Å²) in [7, 11) is 0. The third kappa shape index (κ3) is 2.57. The molecule has 0 unspecified atom stereocenters. The molecule has 110 valence electrons. The number of halogens is 1. The number of ether oxygens (including phenoxy) is 1. The van der Waals surface area contributed by atoms with E-state index < -0.39 is 0 Å². The van der Waals surface area contributed by atoms with E-state index in [0.29, 0.717) is 25.1 Å². The Hall–Kier alpha value is -1.41. The first-order chi connectivity index (χ1) is 10.1. The van der Waals surface area contributed by atoms with Crippen LogP contribution < -0.4 is 0 Å². The molecular formula is C15H15IN2O3. The molecule has 1 saturated heterocycles. The Morgan fingerprint density at radius 3 is 2.76 bits per heavy atom. The van der Waals surface area contributed by atoms with Crippen LogP contribution >= 0.6 is 22.6 Å². The number of amides is 1. The van der Waals surface area contributed by atoms with E-state index in [-0.39, 0.29) is 17.9 Å². The number of rotatable bonds is 3. The van der Waals surface area contributed by atoms with E-state index in [1.807, 2.05) is 29.3 Å². The molecule has 1 aromatic carbocycles. The zero-order valence-electron chi connectivity index (χ0n) is 11.6. The third-order valence-corrected chi connectivity index (χ3v) is 4.36. The maximum absolute atomic E-state index is 12.2. The predicted octanol–water partition coefficient (Wildman–Crippen LogP) is 2.24. The Bertz CT molecular complexity index is 612. The summed E-state index contributed by atoms with van der Waals surface area (Å²) < 4.78 is 6.26. The first-order valence-corrected chi connectivity index (χ1v) is 7.92. The number of fused-ring (bicyclic) bond motifs is 1. The van der Waals surface area contributed by atoms with Crippen molar-refractivity contribution in [3.05, 3.63) is 45.2 Å². The van der Waals surface area contributed by atoms with Crippen molar-refractivity contribution in [2.75, 3.05) is 13.2 Å². The van der Waals surface area contributed by atoms with Gasteiger partial charge in [0.05, 0.1) is 18.2 Å². The van der Waals surface area contributed by atoms with E-state index in [1.165, 1.54) is 0 Å². The lowest BCUT2D eigenvalue weighted by Crippen LogP contribution is -2.33. The molecule has 0 saturated carbocycles. The maximum atomic E-state index is 12.2. The molecule has 2 aliphatic heterocycles. The Balaban J connectivity index is 1.98. The lowest BCUT2D eigenvalue weighted by Gasteiger charge is -2.26. The molecule has 1 amide bonds. The highest BCUT2D eigenvalue weighted by Crippen LogP contribution is 2.39. The zero-order valence-corrected chi connectivity index (χ0v) is 13.7. The third-order valence-electron chi connectivity index (χ3n) is 3.64. The van der Waals surface area contributed by atoms with Gasteiger partial charge in [0.25, 0.3) is 0 Å². The second-order valence-corrected chi connectivity index (χ2v) is 6.16. The van der Waals surface area contributed by atoms with Crippen LogP contribution in [0.15, 0.2) is 36.0 Å². The summed E-state index contributed by atoms with van der Waals surface area (Å²) >= 11 is 2.24. The molecule has 1 atom stereocenters. The molecule has 2 heterocycles. The molecule has 0 aromatic heterocycles. The second-order valence-electron chi connectivity index (χ2n) is 4.91. The molecule has 2 aliphatic rings. The van der Waals surface area contributed by atoms with Crippen molar-refractivity contribution in [1.29, 1.82) is 0 Å². The minimum absolute atomic E-state index is 0.0183. The van der Waals surface area contributed by atoms with Crippen LogP contribution in [0.25, 0.3) is 0 Å². The number of carbonyl (C=O) groups excluding carboxylic acids is 2. The summed E-state index contributed by atoms with van der Waals surface area (Å²) in [5, 5.41) is 3.48. The smallest absolute Gasteiger partial charge is 0.337 e. The Morgan fingerprint density at radius 1 is 1.38 bits per heavy atom. The van der Waals surface area contributed by atoms with Gasteiger partial charge in [0.1, 0.15) is 0 Å². The quantitative estimate of drug-likeness (QED) is 0.579. The molecular weight excluding hydrogens is 383 g/mol. The summed E-state index contributed by atoms with van der Waals surface area (Å²) in [5.41, 5.74) is 1.51. The van der Waals surface area contributed by atoms with Crippen LogP contribution in [0.4, 0.5) is 0 Å². The lowest BCUT2D eigenvalue weighted by molar-refractivity contribution is -0.139. The van der Waals surface area contributed by atoms with Crippen molar-refractivity contribution in [3.63, 3.8) is 0 Å². The standard InChI is InChI=1S/C15H15IN2O3/c1-2-21-15(20)12-9-18-13(19)7-8-17(18)14(12)10-3-5-11(16)6-4-10/h3-6,9,14H,2,7-8H2,1H3/t14-/m1/s1. The van der Waals surface area contributed by atoms with E-state index in [0.717, 1.165) is 9.13 Å². The SMILES string of the molecule is CCOC(=O)C1=CN2C(=O)CCN2[C@@H]1c1ccc(I)cc1. The molecule has 0 N–H and O–H groups in total. The van der Waals surface area contributed by atoms with Gasteiger partial charge in [-0.3, -0.25) is 4.79 Å². The van der Waals surface area contributed by atoms with Crippen LogP contribution in [-0.2, 0) is 14.3 Å². The number of carbonyl (C=O) groups is 2. The molecule has 0 bridgehead atoms. The van der Waals surface area contributed by atoms with Crippen molar-refractivity contribution in [1.82, 2.24) is 10.0 Å². The van der Waals surface area contributed by atoms with Crippen LogP contribution in [0, 0.1) is 3.57 Å². The van der Waals surface area contributed by atoms with E-state index >= 15 is 0 Å². The predicted molar refractivity (Wildman–Crippen MR) is 84.8 cm³/mol. The van der Waals surface area contributed by atoms with E-state index in [2.05, 4.69) is 22.6 Å². The van der Waals surface area contributed by atoms with Crippen LogP contribution in [0.3, 0.4) is 0 Å². The highest BCUT2D eigenvalue weighted by atomic mass is 127. The normalized spacial score (nSPS) is 21.4. The Morgan fingerprint density at radius 2 is 2.10 bits per heavy atom. The van der Waals surface area contributed by atoms with E-state index in [4.69, 9.17) is 4.74 Å². The average molecular weight is 398 g/mol. The van der Waals surface area contributed by atoms with Crippen molar-refractivity contribution < 1.29 is 14.3 Å². The van der Waals surface area contributed by atoms with Crippen LogP contribution in [0.5, 0.6) is 0 Å². The Labute approximate surface area is 136 Å². The molecule has 0 spiro atoms. The largest absolute Gasteiger partial charge is 0.463 e. The summed E-state index contributed by atoms with van der Waals surface area (Å²) in [6, 6.07) is 7.74. The monoisotopic (exact) mass is 398 g/mol. The summed E-state index contributed by atoms with van der Waals surface area (Å²) in [4.78, 5) is 24.1. The van der Waals surface area contributed by atoms with E-state index in [9.17, 15) is 9.59 Å². The van der Waals surface area contributed by atoms with Crippen LogP contribution in [-0.4, -0.2) is 35.0 Å². The molecule has 1 fully saturated rings. The van der Waals surface area contributed by atoms with Crippen molar-refractivity contribution in [2.45, 2.75) is 19.4 Å². The number of hydrogen-bond donors (Lipinski definition) is 0. The van der Waals surface area contributed by atoms with Gasteiger partial charge in [-0.15, -0.1) is 0 Å². The van der Waals surface area contributed by atoms with Crippen molar-refractivity contribution >= 4 is 34.5 Å². The van der Waals surface area contributed by atoms with Gasteiger partial charge in [-0.05, 0) is 47.2 Å². The molecule has 0 aliphatic carbocycles. The van der Waals surface area contributed by atoms with E-state index in [1.54, 1.807) is 18.1 Å². The minimum atomic E-state index is -0.358. The van der Waals surface area contributed by atoms with Gasteiger partial charge in [-0.1, -0.05) is 12.1 Å². The topological polar surface area (TPSA) is 49.9 Å². The first kappa shape index (κ1) is 14.5. The van der Waals surface area contributed by atoms with Gasteiger partial charge in [-0.2, -0.15) is 0 Å². The fraction of sp³-hybridized carbons (Fsp3) is 0.333. The fourth-order valence-electron chi connectivity index (χ4n) is 2.71. The number of nitrogens with zero attached hydrogens (tertiary/aromatic N) is 2. The molecule has 5 nitrogen and oxygen atoms in total. The minimum Gasteiger partial charge on any atom is -0.463 e. The second kappa shape index (κ2) is 5.76. The average Bonchev–Trinajstić information content (AvgIpc) is 3.01. The molecule has 1 aromatic rings. The summed E-state index contributed by atoms with van der Waals surface area (Å²) in [5.74, 6) is -0.340. The molecule has 0 radical (unpaired) electrons. The van der Waals surface area contributed by atoms with Gasteiger partial charge in [-0.25, -0.2) is 14.8 Å². The maximum Gasteiger partial charge on any atom is 0.337 e. The van der Waals surface area contributed by atoms with Crippen molar-refractivity contribution in [2.24, 2.45) is 0 Å². The fourth-order valence-corrected chi connectivity index (χ4v) is 3.07. The van der Waals surface area contributed by atoms with Gasteiger partial charge < -0.3 is 4.74 Å². The number of hydrazine groups is 1. The molecule has 3 rings (SSSR count). The number of esters is 1. The number of benzene rings is 1. The molecule has 6 heteroatoms. The summed E-state index contributed by atoms with van der Waals surface area (Å²) in [6.07, 6.45) is 2.10. The van der Waals surface area contributed by atoms with Crippen LogP contribution in [0.2, 0.25) is 0 Å². The number of hydrogen-bond acceptors (Lipinski definition) is 4. The lowest BCUT2D eigenvalue weighted by atomic mass is 9.99. The van der Waals surface area contributed by atoms with Gasteiger partial charge in [0, 0.05) is 22.7 Å². The van der Waals surface area contributed by atoms with Gasteiger partial charge in [0.15, 0.2) is 0 Å². The molecule has 21 heavy (non-hydrogen) atoms.